The van der Waals surface area contributed by atoms with Crippen LogP contribution in [0.4, 0.5) is 18.9 Å². The Hall–Kier alpha value is -2.76. The SMILES string of the molecule is Cc1ccc(C(=O)O)c2c1N[C@H](c1ccccc1C(F)(F)F)[C@@H]1CC=C[C@H]21. The lowest BCUT2D eigenvalue weighted by atomic mass is 9.74. The summed E-state index contributed by atoms with van der Waals surface area (Å²) in [7, 11) is 0. The Morgan fingerprint density at radius 3 is 2.63 bits per heavy atom. The van der Waals surface area contributed by atoms with Gasteiger partial charge < -0.3 is 10.4 Å². The van der Waals surface area contributed by atoms with Crippen LogP contribution >= 0.6 is 0 Å². The maximum Gasteiger partial charge on any atom is 0.416 e. The molecule has 1 aliphatic carbocycles. The molecule has 2 aromatic carbocycles. The number of carboxylic acid groups (broad SMARTS) is 1. The van der Waals surface area contributed by atoms with Crippen molar-refractivity contribution in [3.63, 3.8) is 0 Å². The molecule has 0 saturated heterocycles. The van der Waals surface area contributed by atoms with Gasteiger partial charge in [0, 0.05) is 11.6 Å². The number of rotatable bonds is 2. The number of benzene rings is 2. The fourth-order valence-corrected chi connectivity index (χ4v) is 4.38. The van der Waals surface area contributed by atoms with Crippen molar-refractivity contribution < 1.29 is 23.1 Å². The van der Waals surface area contributed by atoms with Crippen LogP contribution in [0.1, 0.15) is 51.0 Å². The van der Waals surface area contributed by atoms with Crippen molar-refractivity contribution in [2.24, 2.45) is 5.92 Å². The van der Waals surface area contributed by atoms with Crippen molar-refractivity contribution in [2.75, 3.05) is 5.32 Å². The first kappa shape index (κ1) is 17.6. The number of aromatic carboxylic acids is 1. The molecule has 0 spiro atoms. The van der Waals surface area contributed by atoms with Gasteiger partial charge in [0.05, 0.1) is 17.2 Å². The van der Waals surface area contributed by atoms with E-state index in [-0.39, 0.29) is 23.0 Å². The second kappa shape index (κ2) is 6.15. The summed E-state index contributed by atoms with van der Waals surface area (Å²) in [5.41, 5.74) is 1.88. The second-order valence-corrected chi connectivity index (χ2v) is 7.08. The number of hydrogen-bond acceptors (Lipinski definition) is 2. The number of nitrogens with one attached hydrogen (secondary N) is 1. The van der Waals surface area contributed by atoms with Gasteiger partial charge in [0.15, 0.2) is 0 Å². The first-order valence-electron chi connectivity index (χ1n) is 8.75. The first-order valence-corrected chi connectivity index (χ1v) is 8.75. The molecule has 3 atom stereocenters. The second-order valence-electron chi connectivity index (χ2n) is 7.08. The van der Waals surface area contributed by atoms with Crippen LogP contribution in [-0.2, 0) is 6.18 Å². The van der Waals surface area contributed by atoms with Crippen molar-refractivity contribution in [1.82, 2.24) is 0 Å². The molecule has 0 aromatic heterocycles. The van der Waals surface area contributed by atoms with Crippen LogP contribution in [0.25, 0.3) is 0 Å². The van der Waals surface area contributed by atoms with Gasteiger partial charge >= 0.3 is 12.1 Å². The number of carboxylic acids is 1. The van der Waals surface area contributed by atoms with E-state index in [0.29, 0.717) is 17.7 Å². The highest BCUT2D eigenvalue weighted by atomic mass is 19.4. The van der Waals surface area contributed by atoms with E-state index in [9.17, 15) is 23.1 Å². The summed E-state index contributed by atoms with van der Waals surface area (Å²) < 4.78 is 40.7. The summed E-state index contributed by atoms with van der Waals surface area (Å²) >= 11 is 0. The lowest BCUT2D eigenvalue weighted by Crippen LogP contribution is -2.32. The van der Waals surface area contributed by atoms with Crippen molar-refractivity contribution >= 4 is 11.7 Å². The Bertz CT molecular complexity index is 949. The highest BCUT2D eigenvalue weighted by molar-refractivity contribution is 5.93. The molecule has 0 radical (unpaired) electrons. The Morgan fingerprint density at radius 2 is 1.93 bits per heavy atom. The van der Waals surface area contributed by atoms with E-state index in [1.54, 1.807) is 18.2 Å². The van der Waals surface area contributed by atoms with Gasteiger partial charge in [-0.05, 0) is 48.1 Å². The third-order valence-corrected chi connectivity index (χ3v) is 5.56. The Balaban J connectivity index is 1.90. The number of aryl methyl sites for hydroxylation is 1. The Morgan fingerprint density at radius 1 is 1.19 bits per heavy atom. The lowest BCUT2D eigenvalue weighted by molar-refractivity contribution is -0.138. The summed E-state index contributed by atoms with van der Waals surface area (Å²) in [6.45, 7) is 1.84. The van der Waals surface area contributed by atoms with Crippen molar-refractivity contribution in [2.45, 2.75) is 31.5 Å². The molecule has 4 rings (SSSR count). The molecular weight excluding hydrogens is 355 g/mol. The zero-order valence-electron chi connectivity index (χ0n) is 14.5. The minimum absolute atomic E-state index is 0.166. The lowest BCUT2D eigenvalue weighted by Gasteiger charge is -2.39. The fraction of sp³-hybridized carbons (Fsp3) is 0.286. The molecule has 2 aliphatic rings. The minimum atomic E-state index is -4.45. The third kappa shape index (κ3) is 2.80. The molecule has 0 amide bonds. The normalized spacial score (nSPS) is 23.5. The molecule has 1 heterocycles. The molecule has 1 aliphatic heterocycles. The van der Waals surface area contributed by atoms with E-state index in [0.717, 1.165) is 11.6 Å². The van der Waals surface area contributed by atoms with Gasteiger partial charge in [-0.25, -0.2) is 4.79 Å². The first-order chi connectivity index (χ1) is 12.8. The van der Waals surface area contributed by atoms with Gasteiger partial charge in [0.2, 0.25) is 0 Å². The monoisotopic (exact) mass is 373 g/mol. The molecule has 140 valence electrons. The van der Waals surface area contributed by atoms with E-state index in [2.05, 4.69) is 5.32 Å². The Labute approximate surface area is 154 Å². The van der Waals surface area contributed by atoms with E-state index in [1.165, 1.54) is 12.1 Å². The maximum atomic E-state index is 13.6. The number of hydrogen-bond donors (Lipinski definition) is 2. The zero-order chi connectivity index (χ0) is 19.3. The molecule has 0 fully saturated rings. The standard InChI is InChI=1S/C21H18F3NO2/c1-11-9-10-15(20(26)27)17-12-6-4-7-13(12)19(25-18(11)17)14-5-2-3-8-16(14)21(22,23)24/h2-6,8-10,12-13,19,25H,7H2,1H3,(H,26,27)/t12-,13+,19-/m0/s1. The van der Waals surface area contributed by atoms with E-state index < -0.39 is 23.8 Å². The van der Waals surface area contributed by atoms with E-state index in [4.69, 9.17) is 0 Å². The average molecular weight is 373 g/mol. The largest absolute Gasteiger partial charge is 0.478 e. The molecule has 0 bridgehead atoms. The highest BCUT2D eigenvalue weighted by Gasteiger charge is 2.43. The summed E-state index contributed by atoms with van der Waals surface area (Å²) in [6.07, 6.45) is 0.0156. The summed E-state index contributed by atoms with van der Waals surface area (Å²) in [4.78, 5) is 11.7. The summed E-state index contributed by atoms with van der Waals surface area (Å²) in [5, 5.41) is 12.8. The van der Waals surface area contributed by atoms with Gasteiger partial charge in [-0.15, -0.1) is 0 Å². The van der Waals surface area contributed by atoms with Crippen LogP contribution < -0.4 is 5.32 Å². The molecule has 6 heteroatoms. The quantitative estimate of drug-likeness (QED) is 0.680. The Kier molecular flexibility index (Phi) is 4.02. The van der Waals surface area contributed by atoms with Crippen molar-refractivity contribution in [3.05, 3.63) is 76.4 Å². The summed E-state index contributed by atoms with van der Waals surface area (Å²) in [5.74, 6) is -1.42. The van der Waals surface area contributed by atoms with Crippen LogP contribution in [0, 0.1) is 12.8 Å². The molecule has 3 nitrogen and oxygen atoms in total. The molecule has 2 N–H and O–H groups in total. The molecular formula is C21H18F3NO2. The average Bonchev–Trinajstić information content (AvgIpc) is 3.10. The minimum Gasteiger partial charge on any atom is -0.478 e. The predicted molar refractivity (Wildman–Crippen MR) is 95.9 cm³/mol. The van der Waals surface area contributed by atoms with E-state index in [1.807, 2.05) is 19.1 Å². The number of carbonyl (C=O) groups is 1. The van der Waals surface area contributed by atoms with Crippen LogP contribution in [-0.4, -0.2) is 11.1 Å². The fourth-order valence-electron chi connectivity index (χ4n) is 4.38. The highest BCUT2D eigenvalue weighted by Crippen LogP contribution is 2.53. The van der Waals surface area contributed by atoms with Crippen LogP contribution in [0.5, 0.6) is 0 Å². The van der Waals surface area contributed by atoms with Crippen LogP contribution in [0.3, 0.4) is 0 Å². The smallest absolute Gasteiger partial charge is 0.416 e. The number of alkyl halides is 3. The van der Waals surface area contributed by atoms with Crippen LogP contribution in [0.15, 0.2) is 48.6 Å². The van der Waals surface area contributed by atoms with Gasteiger partial charge in [-0.3, -0.25) is 0 Å². The van der Waals surface area contributed by atoms with Gasteiger partial charge in [0.25, 0.3) is 0 Å². The third-order valence-electron chi connectivity index (χ3n) is 5.56. The molecule has 0 saturated carbocycles. The molecule has 2 aromatic rings. The van der Waals surface area contributed by atoms with Gasteiger partial charge in [0.1, 0.15) is 0 Å². The topological polar surface area (TPSA) is 49.3 Å². The number of anilines is 1. The van der Waals surface area contributed by atoms with Crippen LogP contribution in [0.2, 0.25) is 0 Å². The van der Waals surface area contributed by atoms with Crippen molar-refractivity contribution in [1.29, 1.82) is 0 Å². The number of fused-ring (bicyclic) bond motifs is 3. The summed E-state index contributed by atoms with van der Waals surface area (Å²) in [6, 6.07) is 8.34. The number of allylic oxidation sites excluding steroid dienone is 2. The van der Waals surface area contributed by atoms with Crippen molar-refractivity contribution in [3.8, 4) is 0 Å². The predicted octanol–water partition coefficient (Wildman–Crippen LogP) is 5.54. The molecule has 0 unspecified atom stereocenters. The van der Waals surface area contributed by atoms with Gasteiger partial charge in [-0.2, -0.15) is 13.2 Å². The number of halogens is 3. The van der Waals surface area contributed by atoms with E-state index >= 15 is 0 Å². The zero-order valence-corrected chi connectivity index (χ0v) is 14.5. The van der Waals surface area contributed by atoms with Gasteiger partial charge in [-0.1, -0.05) is 36.4 Å². The molecule has 27 heavy (non-hydrogen) atoms. The maximum absolute atomic E-state index is 13.6.